The van der Waals surface area contributed by atoms with Gasteiger partial charge in [0, 0.05) is 25.0 Å². The molecule has 128 valence electrons. The van der Waals surface area contributed by atoms with Crippen LogP contribution in [0.25, 0.3) is 10.6 Å². The van der Waals surface area contributed by atoms with Crippen molar-refractivity contribution in [3.05, 3.63) is 48.3 Å². The van der Waals surface area contributed by atoms with Gasteiger partial charge >= 0.3 is 0 Å². The fourth-order valence-electron chi connectivity index (χ4n) is 2.28. The van der Waals surface area contributed by atoms with E-state index in [0.717, 1.165) is 5.56 Å². The zero-order chi connectivity index (χ0) is 17.8. The summed E-state index contributed by atoms with van der Waals surface area (Å²) in [6, 6.07) is 8.88. The van der Waals surface area contributed by atoms with Crippen LogP contribution < -0.4 is 14.4 Å². The van der Waals surface area contributed by atoms with Gasteiger partial charge in [0.15, 0.2) is 16.5 Å². The number of carbonyl (C=O) groups excluding carboxylic acids is 1. The van der Waals surface area contributed by atoms with Crippen molar-refractivity contribution in [3.63, 3.8) is 0 Å². The normalized spacial score (nSPS) is 10.4. The van der Waals surface area contributed by atoms with Gasteiger partial charge in [-0.05, 0) is 24.3 Å². The molecule has 25 heavy (non-hydrogen) atoms. The second-order valence-corrected chi connectivity index (χ2v) is 5.99. The second kappa shape index (κ2) is 7.27. The molecule has 2 aromatic heterocycles. The number of aromatic nitrogens is 3. The topological polar surface area (TPSA) is 77.4 Å². The lowest BCUT2D eigenvalue weighted by Crippen LogP contribution is -2.26. The first-order valence-corrected chi connectivity index (χ1v) is 8.20. The van der Waals surface area contributed by atoms with Crippen LogP contribution in [0.2, 0.25) is 0 Å². The predicted octanol–water partition coefficient (Wildman–Crippen LogP) is 2.89. The standard InChI is InChI=1S/C17H16N4O3S/c1-21(16(22)12-7-4-8-13(23-2)14(12)24-3)17-20-19-15(25-17)11-6-5-9-18-10-11/h4-10H,1-3H3. The minimum absolute atomic E-state index is 0.260. The summed E-state index contributed by atoms with van der Waals surface area (Å²) in [5, 5.41) is 9.42. The van der Waals surface area contributed by atoms with Crippen LogP contribution in [0.3, 0.4) is 0 Å². The van der Waals surface area contributed by atoms with Gasteiger partial charge in [-0.15, -0.1) is 10.2 Å². The number of nitrogens with zero attached hydrogens (tertiary/aromatic N) is 4. The molecule has 3 aromatic rings. The summed E-state index contributed by atoms with van der Waals surface area (Å²) in [6.45, 7) is 0. The van der Waals surface area contributed by atoms with Crippen LogP contribution in [-0.2, 0) is 0 Å². The van der Waals surface area contributed by atoms with E-state index in [0.29, 0.717) is 27.2 Å². The number of carbonyl (C=O) groups is 1. The van der Waals surface area contributed by atoms with Crippen molar-refractivity contribution < 1.29 is 14.3 Å². The van der Waals surface area contributed by atoms with E-state index in [1.165, 1.54) is 30.5 Å². The highest BCUT2D eigenvalue weighted by molar-refractivity contribution is 7.18. The molecule has 0 radical (unpaired) electrons. The Kier molecular flexibility index (Phi) is 4.90. The molecule has 3 rings (SSSR count). The van der Waals surface area contributed by atoms with E-state index in [2.05, 4.69) is 15.2 Å². The van der Waals surface area contributed by atoms with E-state index in [9.17, 15) is 4.79 Å². The molecule has 2 heterocycles. The minimum Gasteiger partial charge on any atom is -0.493 e. The Morgan fingerprint density at radius 1 is 1.12 bits per heavy atom. The van der Waals surface area contributed by atoms with E-state index >= 15 is 0 Å². The Hall–Kier alpha value is -3.00. The van der Waals surface area contributed by atoms with E-state index in [4.69, 9.17) is 9.47 Å². The van der Waals surface area contributed by atoms with Crippen LogP contribution in [0.4, 0.5) is 5.13 Å². The van der Waals surface area contributed by atoms with E-state index < -0.39 is 0 Å². The molecule has 0 atom stereocenters. The summed E-state index contributed by atoms with van der Waals surface area (Å²) >= 11 is 1.31. The van der Waals surface area contributed by atoms with Crippen LogP contribution in [0.5, 0.6) is 11.5 Å². The summed E-state index contributed by atoms with van der Waals surface area (Å²) in [6.07, 6.45) is 3.40. The Balaban J connectivity index is 1.90. The number of amides is 1. The summed E-state index contributed by atoms with van der Waals surface area (Å²) in [7, 11) is 4.68. The molecule has 0 aliphatic heterocycles. The van der Waals surface area contributed by atoms with Gasteiger partial charge in [0.25, 0.3) is 5.91 Å². The number of pyridine rings is 1. The average molecular weight is 356 g/mol. The van der Waals surface area contributed by atoms with Crippen molar-refractivity contribution in [2.45, 2.75) is 0 Å². The summed E-state index contributed by atoms with van der Waals surface area (Å²) < 4.78 is 10.6. The van der Waals surface area contributed by atoms with Gasteiger partial charge in [-0.3, -0.25) is 14.7 Å². The molecule has 0 aliphatic rings. The number of anilines is 1. The maximum atomic E-state index is 12.9. The highest BCUT2D eigenvalue weighted by atomic mass is 32.1. The molecule has 0 saturated carbocycles. The number of hydrogen-bond acceptors (Lipinski definition) is 7. The molecule has 8 heteroatoms. The van der Waals surface area contributed by atoms with E-state index in [-0.39, 0.29) is 5.91 Å². The second-order valence-electron chi connectivity index (χ2n) is 5.04. The molecule has 1 amide bonds. The molecular weight excluding hydrogens is 340 g/mol. The molecule has 0 fully saturated rings. The maximum absolute atomic E-state index is 12.9. The van der Waals surface area contributed by atoms with Crippen molar-refractivity contribution in [2.24, 2.45) is 0 Å². The summed E-state index contributed by atoms with van der Waals surface area (Å²) in [4.78, 5) is 18.4. The Labute approximate surface area is 148 Å². The first-order chi connectivity index (χ1) is 12.2. The lowest BCUT2D eigenvalue weighted by Gasteiger charge is -2.16. The zero-order valence-corrected chi connectivity index (χ0v) is 14.8. The SMILES string of the molecule is COc1cccc(C(=O)N(C)c2nnc(-c3cccnc3)s2)c1OC. The highest BCUT2D eigenvalue weighted by Gasteiger charge is 2.23. The molecule has 0 unspecified atom stereocenters. The maximum Gasteiger partial charge on any atom is 0.263 e. The summed E-state index contributed by atoms with van der Waals surface area (Å²) in [5.74, 6) is 0.624. The number of rotatable bonds is 5. The molecule has 0 spiro atoms. The number of benzene rings is 1. The van der Waals surface area contributed by atoms with Gasteiger partial charge in [0.05, 0.1) is 19.8 Å². The number of para-hydroxylation sites is 1. The van der Waals surface area contributed by atoms with Gasteiger partial charge < -0.3 is 9.47 Å². The Morgan fingerprint density at radius 2 is 1.96 bits per heavy atom. The number of methoxy groups -OCH3 is 2. The van der Waals surface area contributed by atoms with Gasteiger partial charge in [0.1, 0.15) is 0 Å². The fourth-order valence-corrected chi connectivity index (χ4v) is 3.07. The van der Waals surface area contributed by atoms with Gasteiger partial charge in [-0.1, -0.05) is 17.4 Å². The van der Waals surface area contributed by atoms with Gasteiger partial charge in [-0.2, -0.15) is 0 Å². The lowest BCUT2D eigenvalue weighted by atomic mass is 10.1. The first kappa shape index (κ1) is 16.8. The lowest BCUT2D eigenvalue weighted by molar-refractivity contribution is 0.0989. The highest BCUT2D eigenvalue weighted by Crippen LogP contribution is 2.33. The molecular formula is C17H16N4O3S. The number of ether oxygens (including phenoxy) is 2. The molecule has 0 saturated heterocycles. The number of hydrogen-bond donors (Lipinski definition) is 0. The van der Waals surface area contributed by atoms with Crippen LogP contribution in [0, 0.1) is 0 Å². The molecule has 0 bridgehead atoms. The quantitative estimate of drug-likeness (QED) is 0.699. The molecule has 7 nitrogen and oxygen atoms in total. The van der Waals surface area contributed by atoms with Crippen molar-refractivity contribution in [3.8, 4) is 22.1 Å². The third-order valence-corrected chi connectivity index (χ3v) is 4.60. The molecule has 0 N–H and O–H groups in total. The monoisotopic (exact) mass is 356 g/mol. The molecule has 1 aromatic carbocycles. The van der Waals surface area contributed by atoms with Crippen molar-refractivity contribution in [1.29, 1.82) is 0 Å². The van der Waals surface area contributed by atoms with Crippen LogP contribution >= 0.6 is 11.3 Å². The van der Waals surface area contributed by atoms with Crippen molar-refractivity contribution >= 4 is 22.4 Å². The van der Waals surface area contributed by atoms with Crippen LogP contribution in [0.1, 0.15) is 10.4 Å². The van der Waals surface area contributed by atoms with Crippen molar-refractivity contribution in [2.75, 3.05) is 26.2 Å². The van der Waals surface area contributed by atoms with E-state index in [1.807, 2.05) is 12.1 Å². The first-order valence-electron chi connectivity index (χ1n) is 7.38. The Bertz CT molecular complexity index is 883. The van der Waals surface area contributed by atoms with Crippen LogP contribution in [-0.4, -0.2) is 42.4 Å². The zero-order valence-electron chi connectivity index (χ0n) is 14.0. The Morgan fingerprint density at radius 3 is 2.64 bits per heavy atom. The van der Waals surface area contributed by atoms with Gasteiger partial charge in [-0.25, -0.2) is 0 Å². The third-order valence-electron chi connectivity index (χ3n) is 3.55. The van der Waals surface area contributed by atoms with Crippen LogP contribution in [0.15, 0.2) is 42.7 Å². The van der Waals surface area contributed by atoms with Crippen molar-refractivity contribution in [1.82, 2.24) is 15.2 Å². The third kappa shape index (κ3) is 3.29. The smallest absolute Gasteiger partial charge is 0.263 e. The van der Waals surface area contributed by atoms with Gasteiger partial charge in [0.2, 0.25) is 5.13 Å². The van der Waals surface area contributed by atoms with E-state index in [1.54, 1.807) is 37.6 Å². The predicted molar refractivity (Wildman–Crippen MR) is 95.4 cm³/mol. The minimum atomic E-state index is -0.260. The fraction of sp³-hybridized carbons (Fsp3) is 0.176. The summed E-state index contributed by atoms with van der Waals surface area (Å²) in [5.41, 5.74) is 1.24. The molecule has 0 aliphatic carbocycles. The average Bonchev–Trinajstić information content (AvgIpc) is 3.17. The largest absolute Gasteiger partial charge is 0.493 e.